The molecule has 0 bridgehead atoms. The van der Waals surface area contributed by atoms with Gasteiger partial charge in [-0.15, -0.1) is 0 Å². The average molecular weight is 395 g/mol. The quantitative estimate of drug-likeness (QED) is 0.345. The molecule has 2 saturated heterocycles. The van der Waals surface area contributed by atoms with Gasteiger partial charge < -0.3 is 24.3 Å². The molecular formula is C19H32N5O2S+. The number of aryl methyl sites for hydroxylation is 1. The summed E-state index contributed by atoms with van der Waals surface area (Å²) in [5, 5.41) is 8.08. The Morgan fingerprint density at radius 3 is 2.93 bits per heavy atom. The Balaban J connectivity index is 1.42. The standard InChI is InChI=1S/C19H31N5O2S/c1-15-12-17(16(2)24(15)14-18-4-3-9-26-18)13-21-22-19(27)20-5-6-23-7-10-25-11-8-23/h12-13,18H,3-11,14H2,1-2H3,(H2,20,22,27)/p+1/b21-13-/t18-/m1/s1. The Bertz CT molecular complexity index is 649. The van der Waals surface area contributed by atoms with E-state index >= 15 is 0 Å². The van der Waals surface area contributed by atoms with Crippen LogP contribution in [0.5, 0.6) is 0 Å². The highest BCUT2D eigenvalue weighted by molar-refractivity contribution is 7.80. The lowest BCUT2D eigenvalue weighted by atomic mass is 10.2. The van der Waals surface area contributed by atoms with E-state index in [9.17, 15) is 0 Å². The monoisotopic (exact) mass is 394 g/mol. The van der Waals surface area contributed by atoms with Crippen molar-refractivity contribution in [3.63, 3.8) is 0 Å². The van der Waals surface area contributed by atoms with Crippen LogP contribution in [-0.4, -0.2) is 68.0 Å². The number of hydrazone groups is 1. The zero-order valence-electron chi connectivity index (χ0n) is 16.4. The van der Waals surface area contributed by atoms with E-state index in [2.05, 4.69) is 40.3 Å². The predicted molar refractivity (Wildman–Crippen MR) is 111 cm³/mol. The highest BCUT2D eigenvalue weighted by atomic mass is 32.1. The van der Waals surface area contributed by atoms with Crippen LogP contribution < -0.4 is 15.6 Å². The normalized spacial score (nSPS) is 21.0. The number of ether oxygens (including phenoxy) is 2. The Morgan fingerprint density at radius 1 is 1.37 bits per heavy atom. The van der Waals surface area contributed by atoms with Gasteiger partial charge in [-0.3, -0.25) is 5.43 Å². The number of morpholine rings is 1. The molecule has 7 nitrogen and oxygen atoms in total. The number of hydrogen-bond donors (Lipinski definition) is 3. The fourth-order valence-corrected chi connectivity index (χ4v) is 3.85. The molecular weight excluding hydrogens is 362 g/mol. The molecule has 8 heteroatoms. The van der Waals surface area contributed by atoms with Crippen molar-refractivity contribution in [2.45, 2.75) is 39.3 Å². The smallest absolute Gasteiger partial charge is 0.187 e. The van der Waals surface area contributed by atoms with Gasteiger partial charge in [-0.05, 0) is 45.0 Å². The van der Waals surface area contributed by atoms with E-state index in [0.29, 0.717) is 11.2 Å². The minimum absolute atomic E-state index is 0.336. The SMILES string of the molecule is Cc1cc(/C=N\NC(=S)NCC[NH+]2CCOCC2)c(C)n1C[C@H]1CCCO1. The molecule has 0 saturated carbocycles. The van der Waals surface area contributed by atoms with Crippen molar-refractivity contribution in [3.8, 4) is 0 Å². The lowest BCUT2D eigenvalue weighted by Crippen LogP contribution is -3.14. The molecule has 3 N–H and O–H groups in total. The Kier molecular flexibility index (Phi) is 7.63. The maximum absolute atomic E-state index is 5.77. The molecule has 27 heavy (non-hydrogen) atoms. The van der Waals surface area contributed by atoms with Crippen LogP contribution in [0.1, 0.15) is 29.8 Å². The van der Waals surface area contributed by atoms with Crippen LogP contribution in [0.15, 0.2) is 11.2 Å². The van der Waals surface area contributed by atoms with Crippen LogP contribution in [0.2, 0.25) is 0 Å². The van der Waals surface area contributed by atoms with Gasteiger partial charge in [-0.2, -0.15) is 5.10 Å². The fourth-order valence-electron chi connectivity index (χ4n) is 3.69. The summed E-state index contributed by atoms with van der Waals surface area (Å²) in [6, 6.07) is 2.16. The number of nitrogens with zero attached hydrogens (tertiary/aromatic N) is 2. The maximum Gasteiger partial charge on any atom is 0.187 e. The van der Waals surface area contributed by atoms with E-state index in [1.807, 2.05) is 6.21 Å². The van der Waals surface area contributed by atoms with Gasteiger partial charge in [0.25, 0.3) is 0 Å². The lowest BCUT2D eigenvalue weighted by Gasteiger charge is -2.23. The van der Waals surface area contributed by atoms with Crippen molar-refractivity contribution in [3.05, 3.63) is 23.0 Å². The molecule has 3 heterocycles. The molecule has 0 radical (unpaired) electrons. The van der Waals surface area contributed by atoms with Gasteiger partial charge in [-0.25, -0.2) is 0 Å². The minimum Gasteiger partial charge on any atom is -0.376 e. The third-order valence-electron chi connectivity index (χ3n) is 5.36. The summed E-state index contributed by atoms with van der Waals surface area (Å²) in [6.07, 6.45) is 4.49. The van der Waals surface area contributed by atoms with Gasteiger partial charge in [-0.1, -0.05) is 0 Å². The van der Waals surface area contributed by atoms with Gasteiger partial charge in [0.1, 0.15) is 13.1 Å². The fraction of sp³-hybridized carbons (Fsp3) is 0.684. The summed E-state index contributed by atoms with van der Waals surface area (Å²) >= 11 is 5.30. The number of nitrogens with one attached hydrogen (secondary N) is 3. The topological polar surface area (TPSA) is 64.2 Å². The molecule has 2 aliphatic rings. The average Bonchev–Trinajstić information content (AvgIpc) is 3.27. The van der Waals surface area contributed by atoms with E-state index in [0.717, 1.165) is 64.5 Å². The summed E-state index contributed by atoms with van der Waals surface area (Å²) in [5.74, 6) is 0. The zero-order chi connectivity index (χ0) is 19.1. The van der Waals surface area contributed by atoms with Crippen LogP contribution in [0, 0.1) is 13.8 Å². The van der Waals surface area contributed by atoms with Crippen LogP contribution in [-0.2, 0) is 16.0 Å². The predicted octanol–water partition coefficient (Wildman–Crippen LogP) is -0.00296. The lowest BCUT2D eigenvalue weighted by molar-refractivity contribution is -0.906. The zero-order valence-corrected chi connectivity index (χ0v) is 17.2. The first-order chi connectivity index (χ1) is 13.1. The second kappa shape index (κ2) is 10.2. The van der Waals surface area contributed by atoms with Crippen LogP contribution in [0.4, 0.5) is 0 Å². The molecule has 0 unspecified atom stereocenters. The highest BCUT2D eigenvalue weighted by Gasteiger charge is 2.18. The van der Waals surface area contributed by atoms with Crippen molar-refractivity contribution < 1.29 is 14.4 Å². The van der Waals surface area contributed by atoms with Crippen LogP contribution in [0.25, 0.3) is 0 Å². The highest BCUT2D eigenvalue weighted by Crippen LogP contribution is 2.19. The molecule has 2 fully saturated rings. The van der Waals surface area contributed by atoms with Gasteiger partial charge in [0, 0.05) is 30.1 Å². The number of quaternary nitrogens is 1. The van der Waals surface area contributed by atoms with Crippen molar-refractivity contribution in [2.24, 2.45) is 5.10 Å². The van der Waals surface area contributed by atoms with Crippen molar-refractivity contribution in [2.75, 3.05) is 46.0 Å². The molecule has 1 aromatic rings. The first-order valence-corrected chi connectivity index (χ1v) is 10.3. The minimum atomic E-state index is 0.336. The third-order valence-corrected chi connectivity index (χ3v) is 5.59. The molecule has 2 aliphatic heterocycles. The molecule has 1 aromatic heterocycles. The largest absolute Gasteiger partial charge is 0.376 e. The second-order valence-corrected chi connectivity index (χ2v) is 7.72. The summed E-state index contributed by atoms with van der Waals surface area (Å²) in [5.41, 5.74) is 6.48. The molecule has 3 rings (SSSR count). The second-order valence-electron chi connectivity index (χ2n) is 7.31. The van der Waals surface area contributed by atoms with Gasteiger partial charge >= 0.3 is 0 Å². The van der Waals surface area contributed by atoms with Crippen molar-refractivity contribution in [1.29, 1.82) is 0 Å². The molecule has 0 aliphatic carbocycles. The molecule has 0 amide bonds. The van der Waals surface area contributed by atoms with Crippen LogP contribution in [0.3, 0.4) is 0 Å². The molecule has 0 spiro atoms. The number of hydrogen-bond acceptors (Lipinski definition) is 4. The van der Waals surface area contributed by atoms with E-state index in [1.54, 1.807) is 4.90 Å². The van der Waals surface area contributed by atoms with E-state index < -0.39 is 0 Å². The summed E-state index contributed by atoms with van der Waals surface area (Å²) in [6.45, 7) is 11.8. The van der Waals surface area contributed by atoms with Gasteiger partial charge in [0.15, 0.2) is 5.11 Å². The number of aromatic nitrogens is 1. The Hall–Kier alpha value is -1.48. The van der Waals surface area contributed by atoms with Crippen LogP contribution >= 0.6 is 12.2 Å². The van der Waals surface area contributed by atoms with Gasteiger partial charge in [0.05, 0.1) is 38.6 Å². The summed E-state index contributed by atoms with van der Waals surface area (Å²) in [4.78, 5) is 1.55. The van der Waals surface area contributed by atoms with Crippen molar-refractivity contribution in [1.82, 2.24) is 15.3 Å². The van der Waals surface area contributed by atoms with E-state index in [1.165, 1.54) is 17.8 Å². The first-order valence-electron chi connectivity index (χ1n) is 9.90. The number of thiocarbonyl (C=S) groups is 1. The third kappa shape index (κ3) is 6.00. The molecule has 0 aromatic carbocycles. The summed E-state index contributed by atoms with van der Waals surface area (Å²) < 4.78 is 13.5. The van der Waals surface area contributed by atoms with Crippen molar-refractivity contribution >= 4 is 23.5 Å². The molecule has 1 atom stereocenters. The summed E-state index contributed by atoms with van der Waals surface area (Å²) in [7, 11) is 0. The Morgan fingerprint density at radius 2 is 2.19 bits per heavy atom. The molecule has 150 valence electrons. The maximum atomic E-state index is 5.77. The number of rotatable bonds is 7. The van der Waals surface area contributed by atoms with E-state index in [-0.39, 0.29) is 0 Å². The first kappa shape index (κ1) is 20.3. The van der Waals surface area contributed by atoms with Gasteiger partial charge in [0.2, 0.25) is 0 Å². The van der Waals surface area contributed by atoms with E-state index in [4.69, 9.17) is 21.7 Å². The Labute approximate surface area is 167 Å².